The van der Waals surface area contributed by atoms with Crippen LogP contribution in [0.2, 0.25) is 0 Å². The number of aryl methyl sites for hydroxylation is 1. The van der Waals surface area contributed by atoms with Crippen molar-refractivity contribution in [3.8, 4) is 17.3 Å². The van der Waals surface area contributed by atoms with Gasteiger partial charge in [0.1, 0.15) is 10.9 Å². The summed E-state index contributed by atoms with van der Waals surface area (Å²) >= 11 is 1.45. The summed E-state index contributed by atoms with van der Waals surface area (Å²) in [6.07, 6.45) is 1.08. The number of hydrogen-bond acceptors (Lipinski definition) is 3. The van der Waals surface area contributed by atoms with Gasteiger partial charge in [0.25, 0.3) is 0 Å². The van der Waals surface area contributed by atoms with Crippen LogP contribution in [0.1, 0.15) is 29.3 Å². The van der Waals surface area contributed by atoms with Crippen molar-refractivity contribution in [2.45, 2.75) is 27.2 Å². The monoisotopic (exact) mass is 256 g/mol. The molecule has 0 saturated carbocycles. The van der Waals surface area contributed by atoms with Gasteiger partial charge in [0, 0.05) is 5.56 Å². The first-order chi connectivity index (χ1) is 8.60. The van der Waals surface area contributed by atoms with Crippen LogP contribution in [0.25, 0.3) is 11.3 Å². The second kappa shape index (κ2) is 5.32. The average molecular weight is 256 g/mol. The normalized spacial score (nSPS) is 10.6. The van der Waals surface area contributed by atoms with Gasteiger partial charge in [0.2, 0.25) is 0 Å². The van der Waals surface area contributed by atoms with E-state index in [0.717, 1.165) is 22.7 Å². The summed E-state index contributed by atoms with van der Waals surface area (Å²) in [5, 5.41) is 10.0. The molecule has 0 unspecified atom stereocenters. The molecule has 92 valence electrons. The van der Waals surface area contributed by atoms with E-state index in [2.05, 4.69) is 49.2 Å². The largest absolute Gasteiger partial charge is 0.240 e. The summed E-state index contributed by atoms with van der Waals surface area (Å²) < 4.78 is 0. The highest BCUT2D eigenvalue weighted by molar-refractivity contribution is 7.12. The van der Waals surface area contributed by atoms with Crippen molar-refractivity contribution in [3.63, 3.8) is 0 Å². The fraction of sp³-hybridized carbons (Fsp3) is 0.333. The lowest BCUT2D eigenvalue weighted by Crippen LogP contribution is -1.93. The van der Waals surface area contributed by atoms with E-state index in [0.29, 0.717) is 10.8 Å². The highest BCUT2D eigenvalue weighted by atomic mass is 32.1. The van der Waals surface area contributed by atoms with E-state index in [9.17, 15) is 0 Å². The lowest BCUT2D eigenvalue weighted by atomic mass is 10.0. The van der Waals surface area contributed by atoms with Crippen LogP contribution >= 0.6 is 11.3 Å². The maximum Gasteiger partial charge on any atom is 0.132 e. The molecule has 0 amide bonds. The van der Waals surface area contributed by atoms with Gasteiger partial charge in [-0.1, -0.05) is 38.1 Å². The molecule has 18 heavy (non-hydrogen) atoms. The van der Waals surface area contributed by atoms with E-state index in [-0.39, 0.29) is 0 Å². The summed E-state index contributed by atoms with van der Waals surface area (Å²) in [5.41, 5.74) is 3.18. The molecular formula is C15H16N2S. The van der Waals surface area contributed by atoms with Crippen molar-refractivity contribution >= 4 is 11.3 Å². The fourth-order valence-electron chi connectivity index (χ4n) is 1.97. The van der Waals surface area contributed by atoms with Crippen LogP contribution in [0.5, 0.6) is 0 Å². The summed E-state index contributed by atoms with van der Waals surface area (Å²) in [6, 6.07) is 10.6. The van der Waals surface area contributed by atoms with Crippen LogP contribution in [0, 0.1) is 24.2 Å². The second-order valence-electron chi connectivity index (χ2n) is 4.82. The molecule has 0 fully saturated rings. The van der Waals surface area contributed by atoms with Crippen LogP contribution in [-0.4, -0.2) is 4.98 Å². The van der Waals surface area contributed by atoms with Crippen molar-refractivity contribution < 1.29 is 0 Å². The Hall–Kier alpha value is -1.66. The molecule has 0 spiro atoms. The molecule has 3 heteroatoms. The first-order valence-electron chi connectivity index (χ1n) is 6.07. The van der Waals surface area contributed by atoms with Gasteiger partial charge < -0.3 is 0 Å². The lowest BCUT2D eigenvalue weighted by Gasteiger charge is -2.05. The molecule has 1 aromatic carbocycles. The van der Waals surface area contributed by atoms with Crippen molar-refractivity contribution in [2.24, 2.45) is 5.92 Å². The third-order valence-corrected chi connectivity index (χ3v) is 3.58. The number of nitrogens with zero attached hydrogens (tertiary/aromatic N) is 2. The Morgan fingerprint density at radius 3 is 2.50 bits per heavy atom. The fourth-order valence-corrected chi connectivity index (χ4v) is 2.71. The van der Waals surface area contributed by atoms with E-state index in [1.165, 1.54) is 16.9 Å². The Balaban J connectivity index is 2.32. The van der Waals surface area contributed by atoms with Crippen molar-refractivity contribution in [1.82, 2.24) is 4.98 Å². The molecule has 1 heterocycles. The van der Waals surface area contributed by atoms with Crippen LogP contribution in [0.4, 0.5) is 0 Å². The number of aromatic nitrogens is 1. The first kappa shape index (κ1) is 12.8. The second-order valence-corrected chi connectivity index (χ2v) is 6.02. The number of rotatable bonds is 3. The van der Waals surface area contributed by atoms with Crippen LogP contribution in [-0.2, 0) is 6.42 Å². The predicted octanol–water partition coefficient (Wildman–Crippen LogP) is 4.19. The molecule has 0 aliphatic rings. The van der Waals surface area contributed by atoms with E-state index in [4.69, 9.17) is 5.26 Å². The lowest BCUT2D eigenvalue weighted by molar-refractivity contribution is 0.647. The third kappa shape index (κ3) is 2.77. The zero-order valence-electron chi connectivity index (χ0n) is 10.9. The molecule has 0 bridgehead atoms. The van der Waals surface area contributed by atoms with Gasteiger partial charge in [-0.05, 0) is 24.8 Å². The van der Waals surface area contributed by atoms with E-state index >= 15 is 0 Å². The van der Waals surface area contributed by atoms with Gasteiger partial charge in [0.15, 0.2) is 0 Å². The number of thiazole rings is 1. The predicted molar refractivity (Wildman–Crippen MR) is 75.5 cm³/mol. The van der Waals surface area contributed by atoms with Gasteiger partial charge in [-0.3, -0.25) is 0 Å². The van der Waals surface area contributed by atoms with Crippen molar-refractivity contribution in [2.75, 3.05) is 0 Å². The minimum atomic E-state index is 0.659. The van der Waals surface area contributed by atoms with Gasteiger partial charge in [-0.2, -0.15) is 5.26 Å². The highest BCUT2D eigenvalue weighted by Gasteiger charge is 2.10. The van der Waals surface area contributed by atoms with Gasteiger partial charge in [-0.15, -0.1) is 11.3 Å². The molecule has 0 saturated heterocycles. The Morgan fingerprint density at radius 1 is 1.28 bits per heavy atom. The molecule has 1 aromatic heterocycles. The summed E-state index contributed by atoms with van der Waals surface area (Å²) in [4.78, 5) is 5.14. The number of benzene rings is 1. The molecule has 0 aliphatic carbocycles. The third-order valence-electron chi connectivity index (χ3n) is 2.71. The summed E-state index contributed by atoms with van der Waals surface area (Å²) in [5.74, 6) is 0.659. The Morgan fingerprint density at radius 2 is 1.94 bits per heavy atom. The molecule has 0 atom stereocenters. The standard InChI is InChI=1S/C15H16N2S/c1-10(2)8-12-4-6-13(7-5-12)15-14(9-16)18-11(3)17-15/h4-7,10H,8H2,1-3H3. The summed E-state index contributed by atoms with van der Waals surface area (Å²) in [7, 11) is 0. The van der Waals surface area contributed by atoms with E-state index in [1.807, 2.05) is 6.92 Å². The Bertz CT molecular complexity index is 574. The Labute approximate surface area is 112 Å². The van der Waals surface area contributed by atoms with Crippen molar-refractivity contribution in [3.05, 3.63) is 39.7 Å². The highest BCUT2D eigenvalue weighted by Crippen LogP contribution is 2.27. The van der Waals surface area contributed by atoms with Gasteiger partial charge in [-0.25, -0.2) is 4.98 Å². The minimum Gasteiger partial charge on any atom is -0.240 e. The maximum absolute atomic E-state index is 9.09. The zero-order valence-corrected chi connectivity index (χ0v) is 11.7. The number of nitriles is 1. The SMILES string of the molecule is Cc1nc(-c2ccc(CC(C)C)cc2)c(C#N)s1. The molecular weight excluding hydrogens is 240 g/mol. The molecule has 0 N–H and O–H groups in total. The van der Waals surface area contributed by atoms with Crippen LogP contribution < -0.4 is 0 Å². The van der Waals surface area contributed by atoms with Crippen LogP contribution in [0.3, 0.4) is 0 Å². The minimum absolute atomic E-state index is 0.659. The molecule has 0 radical (unpaired) electrons. The molecule has 2 aromatic rings. The van der Waals surface area contributed by atoms with E-state index < -0.39 is 0 Å². The topological polar surface area (TPSA) is 36.7 Å². The van der Waals surface area contributed by atoms with E-state index in [1.54, 1.807) is 0 Å². The zero-order chi connectivity index (χ0) is 13.1. The molecule has 2 rings (SSSR count). The smallest absolute Gasteiger partial charge is 0.132 e. The maximum atomic E-state index is 9.09. The molecule has 0 aliphatic heterocycles. The average Bonchev–Trinajstić information content (AvgIpc) is 2.71. The molecule has 2 nitrogen and oxygen atoms in total. The van der Waals surface area contributed by atoms with Crippen LogP contribution in [0.15, 0.2) is 24.3 Å². The Kier molecular flexibility index (Phi) is 3.78. The summed E-state index contributed by atoms with van der Waals surface area (Å²) in [6.45, 7) is 6.36. The van der Waals surface area contributed by atoms with Gasteiger partial charge in [0.05, 0.1) is 10.7 Å². The number of hydrogen-bond donors (Lipinski definition) is 0. The van der Waals surface area contributed by atoms with Gasteiger partial charge >= 0.3 is 0 Å². The van der Waals surface area contributed by atoms with Crippen molar-refractivity contribution in [1.29, 1.82) is 5.26 Å². The quantitative estimate of drug-likeness (QED) is 0.825. The first-order valence-corrected chi connectivity index (χ1v) is 6.88.